The van der Waals surface area contributed by atoms with Crippen LogP contribution in [0.4, 0.5) is 5.69 Å². The molecule has 2 amide bonds. The van der Waals surface area contributed by atoms with Gasteiger partial charge in [-0.2, -0.15) is 0 Å². The molecule has 1 aliphatic rings. The number of amides is 2. The first-order chi connectivity index (χ1) is 14.0. The van der Waals surface area contributed by atoms with Gasteiger partial charge in [-0.15, -0.1) is 0 Å². The third-order valence-electron chi connectivity index (χ3n) is 3.91. The van der Waals surface area contributed by atoms with Gasteiger partial charge in [0.05, 0.1) is 5.02 Å². The molecule has 3 rings (SSSR count). The van der Waals surface area contributed by atoms with Crippen LogP contribution in [0.15, 0.2) is 42.5 Å². The maximum Gasteiger partial charge on any atom is 0.257 e. The number of nitrogens with one attached hydrogen (secondary N) is 2. The van der Waals surface area contributed by atoms with E-state index in [0.717, 1.165) is 5.56 Å². The van der Waals surface area contributed by atoms with Gasteiger partial charge in [0.15, 0.2) is 18.1 Å². The van der Waals surface area contributed by atoms with E-state index >= 15 is 0 Å². The smallest absolute Gasteiger partial charge is 0.257 e. The topological polar surface area (TPSA) is 85.9 Å². The lowest BCUT2D eigenvalue weighted by Crippen LogP contribution is -2.28. The highest BCUT2D eigenvalue weighted by molar-refractivity contribution is 6.32. The Balaban J connectivity index is 1.55. The molecule has 8 heteroatoms. The lowest BCUT2D eigenvalue weighted by atomic mass is 10.1. The summed E-state index contributed by atoms with van der Waals surface area (Å²) in [5, 5.41) is 5.84. The first-order valence-electron chi connectivity index (χ1n) is 9.13. The number of likely N-dealkylation sites (N-methyl/N-ethyl adjacent to an activating group) is 1. The molecule has 1 aliphatic heterocycles. The van der Waals surface area contributed by atoms with Gasteiger partial charge < -0.3 is 24.8 Å². The fourth-order valence-electron chi connectivity index (χ4n) is 2.61. The first kappa shape index (κ1) is 20.5. The van der Waals surface area contributed by atoms with Crippen molar-refractivity contribution in [3.63, 3.8) is 0 Å². The summed E-state index contributed by atoms with van der Waals surface area (Å²) < 4.78 is 16.4. The molecule has 2 aromatic carbocycles. The summed E-state index contributed by atoms with van der Waals surface area (Å²) >= 11 is 6.19. The number of carbonyl (C=O) groups is 2. The van der Waals surface area contributed by atoms with Gasteiger partial charge >= 0.3 is 0 Å². The molecular weight excluding hydrogens is 396 g/mol. The highest BCUT2D eigenvalue weighted by Gasteiger charge is 2.16. The second-order valence-corrected chi connectivity index (χ2v) is 6.52. The summed E-state index contributed by atoms with van der Waals surface area (Å²) in [7, 11) is 0. The average molecular weight is 417 g/mol. The third kappa shape index (κ3) is 5.89. The zero-order valence-corrected chi connectivity index (χ0v) is 16.6. The quantitative estimate of drug-likeness (QED) is 0.676. The Hall–Kier alpha value is -3.19. The summed E-state index contributed by atoms with van der Waals surface area (Å²) in [5.41, 5.74) is 1.33. The fraction of sp³-hybridized carbons (Fsp3) is 0.238. The van der Waals surface area contributed by atoms with Crippen LogP contribution in [0.1, 0.15) is 12.5 Å². The SMILES string of the molecule is CCNC(=O)COc1ccc(NC(=O)/C=C/c2cc(Cl)c3c(c2)OCCO3)cc1. The second-order valence-electron chi connectivity index (χ2n) is 6.12. The molecule has 2 N–H and O–H groups in total. The molecule has 2 aromatic rings. The van der Waals surface area contributed by atoms with E-state index in [-0.39, 0.29) is 18.4 Å². The molecule has 1 heterocycles. The molecule has 0 fully saturated rings. The van der Waals surface area contributed by atoms with Crippen molar-refractivity contribution < 1.29 is 23.8 Å². The van der Waals surface area contributed by atoms with Gasteiger partial charge in [-0.3, -0.25) is 9.59 Å². The van der Waals surface area contributed by atoms with E-state index in [0.29, 0.717) is 47.7 Å². The number of hydrogen-bond donors (Lipinski definition) is 2. The number of anilines is 1. The lowest BCUT2D eigenvalue weighted by molar-refractivity contribution is -0.123. The van der Waals surface area contributed by atoms with Crippen molar-refractivity contribution in [3.8, 4) is 17.2 Å². The number of ether oxygens (including phenoxy) is 3. The van der Waals surface area contributed by atoms with E-state index in [2.05, 4.69) is 10.6 Å². The van der Waals surface area contributed by atoms with Gasteiger partial charge in [0.25, 0.3) is 5.91 Å². The van der Waals surface area contributed by atoms with Crippen molar-refractivity contribution in [3.05, 3.63) is 53.1 Å². The van der Waals surface area contributed by atoms with E-state index in [1.807, 2.05) is 6.92 Å². The Morgan fingerprint density at radius 1 is 1.17 bits per heavy atom. The number of rotatable bonds is 7. The van der Waals surface area contributed by atoms with Crippen LogP contribution < -0.4 is 24.8 Å². The molecule has 0 radical (unpaired) electrons. The first-order valence-corrected chi connectivity index (χ1v) is 9.50. The zero-order valence-electron chi connectivity index (χ0n) is 15.9. The average Bonchev–Trinajstić information content (AvgIpc) is 2.72. The molecule has 0 atom stereocenters. The molecule has 0 saturated carbocycles. The van der Waals surface area contributed by atoms with Gasteiger partial charge in [0, 0.05) is 18.3 Å². The van der Waals surface area contributed by atoms with Crippen LogP contribution in [-0.4, -0.2) is 38.2 Å². The molecule has 0 bridgehead atoms. The summed E-state index contributed by atoms with van der Waals surface area (Å²) in [6.07, 6.45) is 3.05. The molecule has 0 aliphatic carbocycles. The van der Waals surface area contributed by atoms with Crippen LogP contribution >= 0.6 is 11.6 Å². The van der Waals surface area contributed by atoms with Crippen molar-refractivity contribution in [1.29, 1.82) is 0 Å². The Morgan fingerprint density at radius 2 is 1.93 bits per heavy atom. The van der Waals surface area contributed by atoms with E-state index in [1.54, 1.807) is 42.5 Å². The van der Waals surface area contributed by atoms with E-state index in [9.17, 15) is 9.59 Å². The van der Waals surface area contributed by atoms with Crippen LogP contribution in [-0.2, 0) is 9.59 Å². The minimum absolute atomic E-state index is 0.0552. The maximum atomic E-state index is 12.2. The van der Waals surface area contributed by atoms with Crippen molar-refractivity contribution in [2.75, 3.05) is 31.7 Å². The minimum Gasteiger partial charge on any atom is -0.486 e. The third-order valence-corrected chi connectivity index (χ3v) is 4.19. The molecule has 0 saturated heterocycles. The predicted octanol–water partition coefficient (Wildman–Crippen LogP) is 3.28. The van der Waals surface area contributed by atoms with Crippen molar-refractivity contribution in [2.24, 2.45) is 0 Å². The number of carbonyl (C=O) groups excluding carboxylic acids is 2. The van der Waals surface area contributed by atoms with Gasteiger partial charge in [0.2, 0.25) is 5.91 Å². The number of benzene rings is 2. The van der Waals surface area contributed by atoms with Gasteiger partial charge in [-0.25, -0.2) is 0 Å². The van der Waals surface area contributed by atoms with E-state index in [4.69, 9.17) is 25.8 Å². The predicted molar refractivity (Wildman–Crippen MR) is 111 cm³/mol. The van der Waals surface area contributed by atoms with Crippen molar-refractivity contribution in [1.82, 2.24) is 5.32 Å². The Morgan fingerprint density at radius 3 is 2.69 bits per heavy atom. The van der Waals surface area contributed by atoms with Crippen molar-refractivity contribution >= 4 is 35.2 Å². The van der Waals surface area contributed by atoms with Crippen LogP contribution in [0.3, 0.4) is 0 Å². The molecule has 0 spiro atoms. The monoisotopic (exact) mass is 416 g/mol. The van der Waals surface area contributed by atoms with Gasteiger partial charge in [-0.1, -0.05) is 11.6 Å². The largest absolute Gasteiger partial charge is 0.486 e. The summed E-state index contributed by atoms with van der Waals surface area (Å²) in [4.78, 5) is 23.6. The summed E-state index contributed by atoms with van der Waals surface area (Å²) in [5.74, 6) is 1.14. The Bertz CT molecular complexity index is 912. The van der Waals surface area contributed by atoms with E-state index in [1.165, 1.54) is 6.08 Å². The van der Waals surface area contributed by atoms with Crippen LogP contribution in [0.25, 0.3) is 6.08 Å². The van der Waals surface area contributed by atoms with Crippen LogP contribution in [0, 0.1) is 0 Å². The Kier molecular flexibility index (Phi) is 6.97. The molecule has 7 nitrogen and oxygen atoms in total. The zero-order chi connectivity index (χ0) is 20.6. The highest BCUT2D eigenvalue weighted by atomic mass is 35.5. The van der Waals surface area contributed by atoms with E-state index < -0.39 is 0 Å². The second kappa shape index (κ2) is 9.84. The molecule has 29 heavy (non-hydrogen) atoms. The van der Waals surface area contributed by atoms with Crippen LogP contribution in [0.5, 0.6) is 17.2 Å². The lowest BCUT2D eigenvalue weighted by Gasteiger charge is -2.19. The maximum absolute atomic E-state index is 12.2. The highest BCUT2D eigenvalue weighted by Crippen LogP contribution is 2.38. The van der Waals surface area contributed by atoms with Gasteiger partial charge in [-0.05, 0) is 55.0 Å². The number of halogens is 1. The molecular formula is C21H21ClN2O5. The molecule has 152 valence electrons. The Labute approximate surface area is 173 Å². The minimum atomic E-state index is -0.299. The molecule has 0 unspecified atom stereocenters. The standard InChI is InChI=1S/C21H21ClN2O5/c1-2-23-20(26)13-29-16-6-4-15(5-7-16)24-19(25)8-3-14-11-17(22)21-18(12-14)27-9-10-28-21/h3-8,11-12H,2,9-10,13H2,1H3,(H,23,26)(H,24,25)/b8-3+. The molecule has 0 aromatic heterocycles. The summed E-state index contributed by atoms with van der Waals surface area (Å²) in [6.45, 7) is 3.26. The number of fused-ring (bicyclic) bond motifs is 1. The summed E-state index contributed by atoms with van der Waals surface area (Å²) in [6, 6.07) is 10.2. The normalized spacial score (nSPS) is 12.5. The van der Waals surface area contributed by atoms with Crippen LogP contribution in [0.2, 0.25) is 5.02 Å². The fourth-order valence-corrected chi connectivity index (χ4v) is 2.89. The number of hydrogen-bond acceptors (Lipinski definition) is 5. The van der Waals surface area contributed by atoms with Gasteiger partial charge in [0.1, 0.15) is 19.0 Å². The van der Waals surface area contributed by atoms with Crippen molar-refractivity contribution in [2.45, 2.75) is 6.92 Å².